The van der Waals surface area contributed by atoms with Gasteiger partial charge in [-0.1, -0.05) is 11.8 Å². The Kier molecular flexibility index (Phi) is 5.49. The van der Waals surface area contributed by atoms with E-state index in [1.54, 1.807) is 0 Å². The molecule has 140 valence electrons. The van der Waals surface area contributed by atoms with E-state index >= 15 is 0 Å². The lowest BCUT2D eigenvalue weighted by atomic mass is 10.2. The van der Waals surface area contributed by atoms with Crippen LogP contribution in [0.5, 0.6) is 0 Å². The molecule has 13 heteroatoms. The Labute approximate surface area is 147 Å². The minimum absolute atomic E-state index is 0.0236. The van der Waals surface area contributed by atoms with E-state index in [1.807, 2.05) is 0 Å². The number of nitrogens with one attached hydrogen (secondary N) is 1. The van der Waals surface area contributed by atoms with Crippen molar-refractivity contribution in [3.63, 3.8) is 0 Å². The number of nitrogens with zero attached hydrogens (tertiary/aromatic N) is 4. The molecule has 1 aromatic heterocycles. The van der Waals surface area contributed by atoms with Crippen LogP contribution >= 0.6 is 11.8 Å². The summed E-state index contributed by atoms with van der Waals surface area (Å²) >= 11 is 0.717. The third kappa shape index (κ3) is 4.28. The molecule has 0 aliphatic rings. The maximum atomic E-state index is 13.3. The van der Waals surface area contributed by atoms with Crippen LogP contribution in [0.15, 0.2) is 23.4 Å². The topological polar surface area (TPSA) is 103 Å². The van der Waals surface area contributed by atoms with Crippen LogP contribution in [0.1, 0.15) is 12.7 Å². The van der Waals surface area contributed by atoms with Crippen molar-refractivity contribution >= 4 is 29.0 Å². The normalized spacial score (nSPS) is 12.7. The van der Waals surface area contributed by atoms with Crippen LogP contribution in [0.4, 0.5) is 28.9 Å². The highest BCUT2D eigenvalue weighted by atomic mass is 32.2. The van der Waals surface area contributed by atoms with Gasteiger partial charge in [-0.05, 0) is 19.1 Å². The SMILES string of the molecule is C[C@@H](Sc1nnc(C(F)(F)F)n1C)C(=O)Nc1ccc(F)c([N+](=O)[O-])c1. The molecular weight excluding hydrogens is 382 g/mol. The van der Waals surface area contributed by atoms with Gasteiger partial charge in [0.05, 0.1) is 10.2 Å². The standard InChI is InChI=1S/C13H11F4N5O3S/c1-6(26-12-20-19-11(21(12)2)13(15,16)17)10(23)18-7-3-4-8(14)9(5-7)22(24)25/h3-6H,1-2H3,(H,18,23)/t6-/m1/s1. The smallest absolute Gasteiger partial charge is 0.325 e. The molecule has 26 heavy (non-hydrogen) atoms. The molecule has 1 N–H and O–H groups in total. The molecule has 1 atom stereocenters. The lowest BCUT2D eigenvalue weighted by Gasteiger charge is -2.12. The monoisotopic (exact) mass is 393 g/mol. The van der Waals surface area contributed by atoms with Crippen LogP contribution in [0.25, 0.3) is 0 Å². The largest absolute Gasteiger partial charge is 0.451 e. The second kappa shape index (κ2) is 7.27. The molecule has 8 nitrogen and oxygen atoms in total. The van der Waals surface area contributed by atoms with E-state index in [0.29, 0.717) is 4.57 Å². The molecule has 0 unspecified atom stereocenters. The first-order chi connectivity index (χ1) is 12.0. The Bertz CT molecular complexity index is 855. The number of benzene rings is 1. The second-order valence-corrected chi connectivity index (χ2v) is 6.34. The summed E-state index contributed by atoms with van der Waals surface area (Å²) in [5.41, 5.74) is -0.837. The van der Waals surface area contributed by atoms with Crippen LogP contribution in [0, 0.1) is 15.9 Å². The summed E-state index contributed by atoms with van der Waals surface area (Å²) in [6, 6.07) is 2.79. The predicted octanol–water partition coefficient (Wildman–Crippen LogP) is 3.00. The molecule has 0 aliphatic carbocycles. The minimum atomic E-state index is -4.68. The van der Waals surface area contributed by atoms with Crippen LogP contribution in [-0.4, -0.2) is 30.8 Å². The van der Waals surface area contributed by atoms with E-state index in [0.717, 1.165) is 37.0 Å². The number of rotatable bonds is 5. The Hall–Kier alpha value is -2.70. The van der Waals surface area contributed by atoms with Crippen LogP contribution in [0.3, 0.4) is 0 Å². The summed E-state index contributed by atoms with van der Waals surface area (Å²) in [6.45, 7) is 1.40. The number of hydrogen-bond acceptors (Lipinski definition) is 6. The molecule has 2 aromatic rings. The third-order valence-corrected chi connectivity index (χ3v) is 4.28. The number of anilines is 1. The van der Waals surface area contributed by atoms with E-state index in [-0.39, 0.29) is 10.8 Å². The fraction of sp³-hybridized carbons (Fsp3) is 0.308. The van der Waals surface area contributed by atoms with Crippen molar-refractivity contribution in [1.29, 1.82) is 0 Å². The van der Waals surface area contributed by atoms with Gasteiger partial charge < -0.3 is 9.88 Å². The van der Waals surface area contributed by atoms with Crippen LogP contribution in [0.2, 0.25) is 0 Å². The zero-order chi connectivity index (χ0) is 19.6. The highest BCUT2D eigenvalue weighted by Gasteiger charge is 2.38. The van der Waals surface area contributed by atoms with Gasteiger partial charge in [-0.2, -0.15) is 17.6 Å². The predicted molar refractivity (Wildman–Crippen MR) is 83.0 cm³/mol. The summed E-state index contributed by atoms with van der Waals surface area (Å²) in [5.74, 6) is -2.93. The number of nitro benzene ring substituents is 1. The average Bonchev–Trinajstić information content (AvgIpc) is 2.89. The fourth-order valence-electron chi connectivity index (χ4n) is 1.85. The maximum Gasteiger partial charge on any atom is 0.451 e. The molecule has 1 heterocycles. The summed E-state index contributed by atoms with van der Waals surface area (Å²) < 4.78 is 52.0. The molecule has 0 radical (unpaired) electrons. The quantitative estimate of drug-likeness (QED) is 0.363. The van der Waals surface area contributed by atoms with Crippen molar-refractivity contribution in [2.24, 2.45) is 7.05 Å². The van der Waals surface area contributed by atoms with E-state index < -0.39 is 39.6 Å². The van der Waals surface area contributed by atoms with Crippen LogP contribution < -0.4 is 5.32 Å². The molecule has 0 aliphatic heterocycles. The van der Waals surface area contributed by atoms with Crippen LogP contribution in [-0.2, 0) is 18.0 Å². The molecule has 0 spiro atoms. The van der Waals surface area contributed by atoms with Gasteiger partial charge in [0, 0.05) is 18.8 Å². The van der Waals surface area contributed by atoms with Crippen molar-refractivity contribution in [2.45, 2.75) is 23.5 Å². The number of thioether (sulfide) groups is 1. The lowest BCUT2D eigenvalue weighted by Crippen LogP contribution is -2.23. The zero-order valence-electron chi connectivity index (χ0n) is 13.2. The van der Waals surface area contributed by atoms with Crippen molar-refractivity contribution in [1.82, 2.24) is 14.8 Å². The van der Waals surface area contributed by atoms with Gasteiger partial charge in [-0.25, -0.2) is 0 Å². The number of amides is 1. The zero-order valence-corrected chi connectivity index (χ0v) is 14.1. The number of aromatic nitrogens is 3. The average molecular weight is 393 g/mol. The van der Waals surface area contributed by atoms with Gasteiger partial charge in [0.25, 0.3) is 0 Å². The summed E-state index contributed by atoms with van der Waals surface area (Å²) in [6.07, 6.45) is -4.68. The minimum Gasteiger partial charge on any atom is -0.325 e. The maximum absolute atomic E-state index is 13.3. The molecule has 1 amide bonds. The summed E-state index contributed by atoms with van der Waals surface area (Å²) in [5, 5.41) is 18.4. The Morgan fingerprint density at radius 3 is 2.58 bits per heavy atom. The highest BCUT2D eigenvalue weighted by molar-refractivity contribution is 8.00. The van der Waals surface area contributed by atoms with E-state index in [1.165, 1.54) is 6.92 Å². The van der Waals surface area contributed by atoms with Gasteiger partial charge >= 0.3 is 11.9 Å². The Balaban J connectivity index is 2.10. The van der Waals surface area contributed by atoms with Crippen molar-refractivity contribution in [2.75, 3.05) is 5.32 Å². The molecular formula is C13H11F4N5O3S. The second-order valence-electron chi connectivity index (χ2n) is 5.04. The number of alkyl halides is 3. The van der Waals surface area contributed by atoms with Crippen molar-refractivity contribution in [3.05, 3.63) is 40.0 Å². The number of hydrogen-bond donors (Lipinski definition) is 1. The first kappa shape index (κ1) is 19.6. The van der Waals surface area contributed by atoms with Gasteiger partial charge in [0.2, 0.25) is 17.5 Å². The van der Waals surface area contributed by atoms with Crippen molar-refractivity contribution < 1.29 is 27.3 Å². The highest BCUT2D eigenvalue weighted by Crippen LogP contribution is 2.31. The fourth-order valence-corrected chi connectivity index (χ4v) is 2.66. The Morgan fingerprint density at radius 2 is 2.04 bits per heavy atom. The third-order valence-electron chi connectivity index (χ3n) is 3.15. The van der Waals surface area contributed by atoms with Gasteiger partial charge in [-0.15, -0.1) is 10.2 Å². The van der Waals surface area contributed by atoms with E-state index in [4.69, 9.17) is 0 Å². The van der Waals surface area contributed by atoms with Crippen molar-refractivity contribution in [3.8, 4) is 0 Å². The molecule has 1 aromatic carbocycles. The number of carbonyl (C=O) groups excluding carboxylic acids is 1. The van der Waals surface area contributed by atoms with Gasteiger partial charge in [-0.3, -0.25) is 14.9 Å². The first-order valence-corrected chi connectivity index (χ1v) is 7.76. The van der Waals surface area contributed by atoms with Gasteiger partial charge in [0.1, 0.15) is 0 Å². The molecule has 0 fully saturated rings. The molecule has 2 rings (SSSR count). The lowest BCUT2D eigenvalue weighted by molar-refractivity contribution is -0.387. The molecule has 0 saturated heterocycles. The van der Waals surface area contributed by atoms with E-state index in [2.05, 4.69) is 15.5 Å². The number of nitro groups is 1. The Morgan fingerprint density at radius 1 is 1.38 bits per heavy atom. The summed E-state index contributed by atoms with van der Waals surface area (Å²) in [7, 11) is 1.11. The molecule has 0 bridgehead atoms. The van der Waals surface area contributed by atoms with E-state index in [9.17, 15) is 32.5 Å². The number of halogens is 4. The first-order valence-electron chi connectivity index (χ1n) is 6.88. The number of carbonyl (C=O) groups is 1. The molecule has 0 saturated carbocycles. The van der Waals surface area contributed by atoms with Gasteiger partial charge in [0.15, 0.2) is 5.16 Å². The summed E-state index contributed by atoms with van der Waals surface area (Å²) in [4.78, 5) is 21.9.